The molecule has 5 heteroatoms. The van der Waals surface area contributed by atoms with E-state index >= 15 is 0 Å². The fraction of sp³-hybridized carbons (Fsp3) is 0.263. The molecule has 0 heterocycles. The van der Waals surface area contributed by atoms with Crippen molar-refractivity contribution in [1.29, 1.82) is 0 Å². The lowest BCUT2D eigenvalue weighted by Crippen LogP contribution is -2.29. The van der Waals surface area contributed by atoms with Gasteiger partial charge in [-0.3, -0.25) is 9.59 Å². The number of halogens is 1. The predicted octanol–water partition coefficient (Wildman–Crippen LogP) is 4.77. The van der Waals surface area contributed by atoms with E-state index in [9.17, 15) is 9.59 Å². The molecule has 2 N–H and O–H groups in total. The number of hydrogen-bond donors (Lipinski definition) is 2. The first-order valence-corrected chi connectivity index (χ1v) is 8.57. The van der Waals surface area contributed by atoms with E-state index in [1.165, 1.54) is 0 Å². The lowest BCUT2D eigenvalue weighted by Gasteiger charge is -2.16. The Hall–Kier alpha value is -2.14. The van der Waals surface area contributed by atoms with Crippen LogP contribution >= 0.6 is 15.9 Å². The highest BCUT2D eigenvalue weighted by Gasteiger charge is 2.18. The molecule has 0 aliphatic heterocycles. The number of carbonyl (C=O) groups is 2. The first kappa shape index (κ1) is 18.2. The third-order valence-electron chi connectivity index (χ3n) is 3.80. The average molecular weight is 389 g/mol. The van der Waals surface area contributed by atoms with Gasteiger partial charge in [-0.1, -0.05) is 54.0 Å². The van der Waals surface area contributed by atoms with Crippen LogP contribution in [0.4, 0.5) is 11.4 Å². The monoisotopic (exact) mass is 388 g/mol. The second-order valence-electron chi connectivity index (χ2n) is 6.07. The quantitative estimate of drug-likeness (QED) is 0.744. The Balaban J connectivity index is 2.15. The summed E-state index contributed by atoms with van der Waals surface area (Å²) in [6, 6.07) is 11.2. The van der Waals surface area contributed by atoms with E-state index in [1.807, 2.05) is 52.0 Å². The van der Waals surface area contributed by atoms with Crippen LogP contribution in [0.1, 0.15) is 36.5 Å². The van der Waals surface area contributed by atoms with Crippen molar-refractivity contribution in [2.45, 2.75) is 33.6 Å². The number of hydrogen-bond acceptors (Lipinski definition) is 2. The van der Waals surface area contributed by atoms with E-state index in [1.54, 1.807) is 12.1 Å². The van der Waals surface area contributed by atoms with Crippen molar-refractivity contribution in [2.75, 3.05) is 10.6 Å². The van der Waals surface area contributed by atoms with E-state index < -0.39 is 11.8 Å². The molecule has 0 bridgehead atoms. The third kappa shape index (κ3) is 4.23. The summed E-state index contributed by atoms with van der Waals surface area (Å²) >= 11 is 3.41. The Morgan fingerprint density at radius 3 is 2.25 bits per heavy atom. The minimum Gasteiger partial charge on any atom is -0.318 e. The number of aryl methyl sites for hydroxylation is 2. The lowest BCUT2D eigenvalue weighted by molar-refractivity contribution is -0.133. The first-order valence-electron chi connectivity index (χ1n) is 7.77. The van der Waals surface area contributed by atoms with Gasteiger partial charge in [0.25, 0.3) is 0 Å². The number of amides is 2. The summed E-state index contributed by atoms with van der Waals surface area (Å²) in [6.07, 6.45) is 0. The zero-order valence-electron chi connectivity index (χ0n) is 14.2. The largest absolute Gasteiger partial charge is 0.318 e. The molecule has 2 rings (SSSR count). The zero-order chi connectivity index (χ0) is 17.9. The van der Waals surface area contributed by atoms with Gasteiger partial charge < -0.3 is 10.6 Å². The molecular weight excluding hydrogens is 368 g/mol. The van der Waals surface area contributed by atoms with Gasteiger partial charge in [-0.15, -0.1) is 0 Å². The van der Waals surface area contributed by atoms with Crippen LogP contribution in [0, 0.1) is 13.8 Å². The zero-order valence-corrected chi connectivity index (χ0v) is 15.8. The third-order valence-corrected chi connectivity index (χ3v) is 4.66. The van der Waals surface area contributed by atoms with Crippen LogP contribution in [0.3, 0.4) is 0 Å². The number of rotatable bonds is 3. The molecule has 4 nitrogen and oxygen atoms in total. The van der Waals surface area contributed by atoms with Gasteiger partial charge in [0.1, 0.15) is 0 Å². The van der Waals surface area contributed by atoms with E-state index in [4.69, 9.17) is 0 Å². The molecule has 126 valence electrons. The van der Waals surface area contributed by atoms with Gasteiger partial charge in [0.2, 0.25) is 0 Å². The van der Waals surface area contributed by atoms with Gasteiger partial charge in [-0.25, -0.2) is 0 Å². The molecular formula is C19H21BrN2O2. The smallest absolute Gasteiger partial charge is 0.314 e. The molecule has 0 aromatic heterocycles. The topological polar surface area (TPSA) is 58.2 Å². The minimum absolute atomic E-state index is 0.247. The van der Waals surface area contributed by atoms with Crippen molar-refractivity contribution < 1.29 is 9.59 Å². The van der Waals surface area contributed by atoms with Crippen LogP contribution in [-0.4, -0.2) is 11.8 Å². The second-order valence-corrected chi connectivity index (χ2v) is 6.92. The molecule has 2 aromatic rings. The first-order chi connectivity index (χ1) is 11.3. The normalized spacial score (nSPS) is 10.6. The molecule has 0 aliphatic carbocycles. The molecule has 2 amide bonds. The number of anilines is 2. The molecule has 2 aromatic carbocycles. The van der Waals surface area contributed by atoms with Gasteiger partial charge >= 0.3 is 11.8 Å². The summed E-state index contributed by atoms with van der Waals surface area (Å²) in [5.41, 5.74) is 4.27. The Morgan fingerprint density at radius 1 is 0.958 bits per heavy atom. The van der Waals surface area contributed by atoms with Crippen LogP contribution in [0.15, 0.2) is 40.9 Å². The van der Waals surface area contributed by atoms with Crippen molar-refractivity contribution in [3.63, 3.8) is 0 Å². The molecule has 0 saturated heterocycles. The molecule has 24 heavy (non-hydrogen) atoms. The van der Waals surface area contributed by atoms with Gasteiger partial charge in [0.15, 0.2) is 0 Å². The summed E-state index contributed by atoms with van der Waals surface area (Å²) in [6.45, 7) is 7.97. The highest BCUT2D eigenvalue weighted by Crippen LogP contribution is 2.27. The SMILES string of the molecule is Cc1ccc(NC(=O)C(=O)Nc2c(C)cccc2C(C)C)cc1Br. The molecule has 0 atom stereocenters. The Morgan fingerprint density at radius 2 is 1.62 bits per heavy atom. The highest BCUT2D eigenvalue weighted by molar-refractivity contribution is 9.10. The number of para-hydroxylation sites is 1. The van der Waals surface area contributed by atoms with E-state index in [0.717, 1.165) is 21.2 Å². The van der Waals surface area contributed by atoms with Crippen LogP contribution < -0.4 is 10.6 Å². The van der Waals surface area contributed by atoms with Crippen molar-refractivity contribution >= 4 is 39.1 Å². The van der Waals surface area contributed by atoms with E-state index in [0.29, 0.717) is 11.4 Å². The fourth-order valence-electron chi connectivity index (χ4n) is 2.37. The maximum atomic E-state index is 12.3. The molecule has 0 aliphatic rings. The van der Waals surface area contributed by atoms with Crippen LogP contribution in [0.5, 0.6) is 0 Å². The van der Waals surface area contributed by atoms with Gasteiger partial charge in [0.05, 0.1) is 0 Å². The maximum Gasteiger partial charge on any atom is 0.314 e. The summed E-state index contributed by atoms with van der Waals surface area (Å²) in [5.74, 6) is -1.12. The molecule has 0 spiro atoms. The molecule has 0 unspecified atom stereocenters. The minimum atomic E-state index is -0.691. The molecule has 0 fully saturated rings. The van der Waals surface area contributed by atoms with Crippen molar-refractivity contribution in [3.05, 3.63) is 57.6 Å². The summed E-state index contributed by atoms with van der Waals surface area (Å²) in [5, 5.41) is 5.36. The summed E-state index contributed by atoms with van der Waals surface area (Å²) < 4.78 is 0.877. The van der Waals surface area contributed by atoms with Crippen LogP contribution in [0.25, 0.3) is 0 Å². The Kier molecular flexibility index (Phi) is 5.78. The van der Waals surface area contributed by atoms with Gasteiger partial charge in [0, 0.05) is 15.8 Å². The Bertz CT molecular complexity index is 785. The van der Waals surface area contributed by atoms with E-state index in [-0.39, 0.29) is 5.92 Å². The fourth-order valence-corrected chi connectivity index (χ4v) is 2.75. The van der Waals surface area contributed by atoms with Gasteiger partial charge in [-0.05, 0) is 48.6 Å². The average Bonchev–Trinajstić information content (AvgIpc) is 2.52. The van der Waals surface area contributed by atoms with Crippen molar-refractivity contribution in [3.8, 4) is 0 Å². The summed E-state index contributed by atoms with van der Waals surface area (Å²) in [7, 11) is 0. The predicted molar refractivity (Wildman–Crippen MR) is 101 cm³/mol. The van der Waals surface area contributed by atoms with E-state index in [2.05, 4.69) is 26.6 Å². The van der Waals surface area contributed by atoms with Crippen LogP contribution in [-0.2, 0) is 9.59 Å². The Labute approximate surface area is 150 Å². The second kappa shape index (κ2) is 7.62. The maximum absolute atomic E-state index is 12.3. The highest BCUT2D eigenvalue weighted by atomic mass is 79.9. The van der Waals surface area contributed by atoms with Crippen molar-refractivity contribution in [2.24, 2.45) is 0 Å². The number of nitrogens with one attached hydrogen (secondary N) is 2. The molecule has 0 saturated carbocycles. The standard InChI is InChI=1S/C19H21BrN2O2/c1-11(2)15-7-5-6-13(4)17(15)22-19(24)18(23)21-14-9-8-12(3)16(20)10-14/h5-11H,1-4H3,(H,21,23)(H,22,24). The van der Waals surface area contributed by atoms with Crippen molar-refractivity contribution in [1.82, 2.24) is 0 Å². The summed E-state index contributed by atoms with van der Waals surface area (Å²) in [4.78, 5) is 24.4. The number of carbonyl (C=O) groups excluding carboxylic acids is 2. The van der Waals surface area contributed by atoms with Gasteiger partial charge in [-0.2, -0.15) is 0 Å². The number of benzene rings is 2. The lowest BCUT2D eigenvalue weighted by atomic mass is 9.98. The van der Waals surface area contributed by atoms with Crippen LogP contribution in [0.2, 0.25) is 0 Å². The molecule has 0 radical (unpaired) electrons.